The topological polar surface area (TPSA) is 70.7 Å². The molecule has 0 aromatic heterocycles. The highest BCUT2D eigenvalue weighted by Crippen LogP contribution is 2.31. The van der Waals surface area contributed by atoms with E-state index in [4.69, 9.17) is 4.74 Å². The Hall–Kier alpha value is -1.85. The van der Waals surface area contributed by atoms with Crippen LogP contribution in [0.25, 0.3) is 0 Å². The number of amides is 2. The Bertz CT molecular complexity index is 643. The van der Waals surface area contributed by atoms with Gasteiger partial charge in [0.05, 0.1) is 12.1 Å². The minimum absolute atomic E-state index is 0. The van der Waals surface area contributed by atoms with E-state index < -0.39 is 0 Å². The number of nitrogens with zero attached hydrogens (tertiary/aromatic N) is 1. The molecule has 0 radical (unpaired) electrons. The van der Waals surface area contributed by atoms with E-state index in [1.165, 1.54) is 6.08 Å². The second-order valence-electron chi connectivity index (χ2n) is 6.93. The highest BCUT2D eigenvalue weighted by atomic mass is 35.5. The van der Waals surface area contributed by atoms with E-state index in [0.29, 0.717) is 6.54 Å². The largest absolute Gasteiger partial charge is 0.353 e. The van der Waals surface area contributed by atoms with E-state index in [-0.39, 0.29) is 36.8 Å². The first-order valence-electron chi connectivity index (χ1n) is 9.41. The summed E-state index contributed by atoms with van der Waals surface area (Å²) in [5.41, 5.74) is 0.794. The molecule has 2 heterocycles. The minimum Gasteiger partial charge on any atom is -0.353 e. The van der Waals surface area contributed by atoms with Crippen LogP contribution in [0.15, 0.2) is 36.4 Å². The van der Waals surface area contributed by atoms with Crippen molar-refractivity contribution in [2.75, 3.05) is 26.2 Å². The van der Waals surface area contributed by atoms with Crippen LogP contribution in [0.1, 0.15) is 37.7 Å². The summed E-state index contributed by atoms with van der Waals surface area (Å²) in [5, 5.41) is 6.69. The van der Waals surface area contributed by atoms with Crippen LogP contribution < -0.4 is 10.6 Å². The highest BCUT2D eigenvalue weighted by molar-refractivity contribution is 5.85. The summed E-state index contributed by atoms with van der Waals surface area (Å²) in [6.07, 6.45) is 5.52. The quantitative estimate of drug-likeness (QED) is 0.754. The fourth-order valence-corrected chi connectivity index (χ4v) is 3.87. The minimum atomic E-state index is -0.353. The van der Waals surface area contributed by atoms with Crippen molar-refractivity contribution in [3.05, 3.63) is 42.0 Å². The first kappa shape index (κ1) is 21.5. The maximum absolute atomic E-state index is 13.1. The third kappa shape index (κ3) is 5.33. The van der Waals surface area contributed by atoms with Gasteiger partial charge in [-0.3, -0.25) is 4.90 Å². The lowest BCUT2D eigenvalue weighted by atomic mass is 9.81. The predicted molar refractivity (Wildman–Crippen MR) is 107 cm³/mol. The molecular formula is C20H28ClN3O3. The Labute approximate surface area is 166 Å². The molecule has 7 heteroatoms. The van der Waals surface area contributed by atoms with Crippen LogP contribution in [-0.4, -0.2) is 49.3 Å². The lowest BCUT2D eigenvalue weighted by molar-refractivity contribution is -0.0473. The smallest absolute Gasteiger partial charge is 0.320 e. The lowest BCUT2D eigenvalue weighted by Crippen LogP contribution is -2.58. The molecule has 27 heavy (non-hydrogen) atoms. The maximum atomic E-state index is 13.1. The van der Waals surface area contributed by atoms with Gasteiger partial charge >= 0.3 is 6.03 Å². The van der Waals surface area contributed by atoms with Gasteiger partial charge in [-0.1, -0.05) is 30.3 Å². The summed E-state index contributed by atoms with van der Waals surface area (Å²) < 4.78 is 5.72. The summed E-state index contributed by atoms with van der Waals surface area (Å²) in [5.74, 6) is 1.72. The number of urea groups is 1. The number of rotatable bonds is 5. The van der Waals surface area contributed by atoms with Gasteiger partial charge in [-0.15, -0.1) is 12.4 Å². The first-order valence-corrected chi connectivity index (χ1v) is 9.41. The number of hydrogen-bond acceptors (Lipinski definition) is 4. The van der Waals surface area contributed by atoms with Gasteiger partial charge in [0.2, 0.25) is 0 Å². The molecule has 1 aromatic carbocycles. The molecule has 2 amide bonds. The summed E-state index contributed by atoms with van der Waals surface area (Å²) >= 11 is 0. The van der Waals surface area contributed by atoms with Crippen molar-refractivity contribution in [3.63, 3.8) is 0 Å². The fourth-order valence-electron chi connectivity index (χ4n) is 3.87. The van der Waals surface area contributed by atoms with Crippen LogP contribution in [0.5, 0.6) is 0 Å². The Morgan fingerprint density at radius 2 is 2.04 bits per heavy atom. The summed E-state index contributed by atoms with van der Waals surface area (Å²) in [6, 6.07) is 10.1. The molecule has 0 spiro atoms. The van der Waals surface area contributed by atoms with E-state index >= 15 is 0 Å². The van der Waals surface area contributed by atoms with Gasteiger partial charge in [-0.2, -0.15) is 0 Å². The average Bonchev–Trinajstić information content (AvgIpc) is 2.70. The standard InChI is InChI=1S/C20H27N3O3.ClH/c24-15-6-16-26-18-9-4-5-14-23(18)19(25)22-20(10-12-21-13-11-20)17-7-2-1-3-8-17;/h1-3,6-8,18,21H,4-5,9-14,16H2,(H,22,25);1H. The molecule has 1 aromatic rings. The van der Waals surface area contributed by atoms with E-state index in [1.54, 1.807) is 10.8 Å². The van der Waals surface area contributed by atoms with E-state index in [0.717, 1.165) is 50.8 Å². The van der Waals surface area contributed by atoms with Gasteiger partial charge in [0, 0.05) is 12.6 Å². The van der Waals surface area contributed by atoms with Crippen molar-refractivity contribution < 1.29 is 14.3 Å². The third-order valence-electron chi connectivity index (χ3n) is 5.29. The normalized spacial score (nSPS) is 21.5. The number of benzene rings is 1. The van der Waals surface area contributed by atoms with Crippen molar-refractivity contribution in [2.24, 2.45) is 0 Å². The van der Waals surface area contributed by atoms with Crippen molar-refractivity contribution in [1.82, 2.24) is 15.5 Å². The number of halogens is 1. The molecule has 2 fully saturated rings. The van der Waals surface area contributed by atoms with Crippen LogP contribution >= 0.6 is 12.4 Å². The Morgan fingerprint density at radius 3 is 2.74 bits per heavy atom. The van der Waals surface area contributed by atoms with Crippen LogP contribution in [-0.2, 0) is 15.1 Å². The molecular weight excluding hydrogens is 366 g/mol. The third-order valence-corrected chi connectivity index (χ3v) is 5.29. The molecule has 3 rings (SSSR count). The molecule has 1 atom stereocenters. The number of carbonyl (C=O) groups is 1. The molecule has 0 saturated carbocycles. The fraction of sp³-hybridized carbons (Fsp3) is 0.550. The predicted octanol–water partition coefficient (Wildman–Crippen LogP) is 2.61. The zero-order valence-corrected chi connectivity index (χ0v) is 16.3. The second kappa shape index (κ2) is 10.5. The van der Waals surface area contributed by atoms with Gasteiger partial charge in [-0.05, 0) is 50.8 Å². The molecule has 1 unspecified atom stereocenters. The van der Waals surface area contributed by atoms with E-state index in [1.807, 2.05) is 18.2 Å². The van der Waals surface area contributed by atoms with Gasteiger partial charge in [0.15, 0.2) is 0 Å². The number of likely N-dealkylation sites (tertiary alicyclic amines) is 1. The van der Waals surface area contributed by atoms with Gasteiger partial charge in [-0.25, -0.2) is 9.59 Å². The van der Waals surface area contributed by atoms with Crippen LogP contribution in [0, 0.1) is 0 Å². The second-order valence-corrected chi connectivity index (χ2v) is 6.93. The number of nitrogens with one attached hydrogen (secondary N) is 2. The van der Waals surface area contributed by atoms with Crippen molar-refractivity contribution in [3.8, 4) is 0 Å². The van der Waals surface area contributed by atoms with Gasteiger partial charge in [0.25, 0.3) is 0 Å². The monoisotopic (exact) mass is 393 g/mol. The SMILES string of the molecule is Cl.O=C=CCOC1CCCCN1C(=O)NC1(c2ccccc2)CCNCC1. The molecule has 0 aliphatic carbocycles. The number of piperidine rings is 2. The summed E-state index contributed by atoms with van der Waals surface area (Å²) in [6.45, 7) is 2.61. The summed E-state index contributed by atoms with van der Waals surface area (Å²) in [4.78, 5) is 25.3. The van der Waals surface area contributed by atoms with Gasteiger partial charge < -0.3 is 15.4 Å². The van der Waals surface area contributed by atoms with Gasteiger partial charge in [0.1, 0.15) is 12.2 Å². The molecule has 2 aliphatic rings. The van der Waals surface area contributed by atoms with Crippen molar-refractivity contribution >= 4 is 24.4 Å². The lowest BCUT2D eigenvalue weighted by Gasteiger charge is -2.42. The molecule has 2 N–H and O–H groups in total. The molecule has 6 nitrogen and oxygen atoms in total. The van der Waals surface area contributed by atoms with Crippen LogP contribution in [0.2, 0.25) is 0 Å². The maximum Gasteiger partial charge on any atom is 0.320 e. The zero-order chi connectivity index (χ0) is 18.2. The van der Waals surface area contributed by atoms with Crippen LogP contribution in [0.4, 0.5) is 4.79 Å². The Balaban J connectivity index is 0.00000261. The molecule has 2 saturated heterocycles. The molecule has 0 bridgehead atoms. The molecule has 148 valence electrons. The van der Waals surface area contributed by atoms with Crippen LogP contribution in [0.3, 0.4) is 0 Å². The highest BCUT2D eigenvalue weighted by Gasteiger charge is 2.38. The number of ether oxygens (including phenoxy) is 1. The Morgan fingerprint density at radius 1 is 1.30 bits per heavy atom. The van der Waals surface area contributed by atoms with E-state index in [2.05, 4.69) is 22.8 Å². The van der Waals surface area contributed by atoms with Crippen molar-refractivity contribution in [1.29, 1.82) is 0 Å². The average molecular weight is 394 g/mol. The Kier molecular flexibility index (Phi) is 8.32. The van der Waals surface area contributed by atoms with E-state index in [9.17, 15) is 9.59 Å². The number of hydrogen-bond donors (Lipinski definition) is 2. The number of carbonyl (C=O) groups excluding carboxylic acids is 2. The van der Waals surface area contributed by atoms with Crippen molar-refractivity contribution in [2.45, 2.75) is 43.9 Å². The zero-order valence-electron chi connectivity index (χ0n) is 15.5. The summed E-state index contributed by atoms with van der Waals surface area (Å²) in [7, 11) is 0. The molecule has 2 aliphatic heterocycles. The first-order chi connectivity index (χ1) is 12.7.